The van der Waals surface area contributed by atoms with E-state index in [0.29, 0.717) is 16.1 Å². The fourth-order valence-electron chi connectivity index (χ4n) is 2.12. The van der Waals surface area contributed by atoms with Crippen LogP contribution in [0.5, 0.6) is 0 Å². The van der Waals surface area contributed by atoms with Gasteiger partial charge in [-0.1, -0.05) is 29.3 Å². The van der Waals surface area contributed by atoms with Crippen LogP contribution in [0.4, 0.5) is 0 Å². The molecule has 1 nitrogen and oxygen atoms in total. The van der Waals surface area contributed by atoms with E-state index >= 15 is 0 Å². The average Bonchev–Trinajstić information content (AvgIpc) is 2.78. The van der Waals surface area contributed by atoms with Gasteiger partial charge >= 0.3 is 0 Å². The molecular weight excluding hydrogens is 279 g/mol. The summed E-state index contributed by atoms with van der Waals surface area (Å²) in [5, 5.41) is 1.22. The van der Waals surface area contributed by atoms with Gasteiger partial charge in [0.05, 0.1) is 11.5 Å². The van der Waals surface area contributed by atoms with E-state index in [4.69, 9.17) is 39.5 Å². The van der Waals surface area contributed by atoms with Crippen LogP contribution < -0.4 is 0 Å². The number of rotatable bonds is 4. The molecule has 94 valence electrons. The van der Waals surface area contributed by atoms with E-state index in [2.05, 4.69) is 0 Å². The molecule has 1 aliphatic heterocycles. The predicted molar refractivity (Wildman–Crippen MR) is 73.3 cm³/mol. The summed E-state index contributed by atoms with van der Waals surface area (Å²) < 4.78 is 5.58. The molecule has 1 heterocycles. The molecule has 17 heavy (non-hydrogen) atoms. The van der Waals surface area contributed by atoms with E-state index in [1.165, 1.54) is 6.42 Å². The van der Waals surface area contributed by atoms with Crippen LogP contribution in [0.2, 0.25) is 10.0 Å². The Kier molecular flexibility index (Phi) is 4.98. The van der Waals surface area contributed by atoms with Crippen LogP contribution in [0.25, 0.3) is 0 Å². The lowest BCUT2D eigenvalue weighted by Crippen LogP contribution is -2.06. The van der Waals surface area contributed by atoms with Crippen LogP contribution in [-0.2, 0) is 4.74 Å². The van der Waals surface area contributed by atoms with Gasteiger partial charge in [0.15, 0.2) is 0 Å². The van der Waals surface area contributed by atoms with E-state index < -0.39 is 0 Å². The van der Waals surface area contributed by atoms with Gasteiger partial charge < -0.3 is 4.74 Å². The Balaban J connectivity index is 1.91. The quantitative estimate of drug-likeness (QED) is 0.690. The van der Waals surface area contributed by atoms with E-state index in [0.717, 1.165) is 31.4 Å². The first-order valence-corrected chi connectivity index (χ1v) is 7.06. The highest BCUT2D eigenvalue weighted by Crippen LogP contribution is 2.34. The van der Waals surface area contributed by atoms with Gasteiger partial charge in [-0.2, -0.15) is 0 Å². The second kappa shape index (κ2) is 6.29. The van der Waals surface area contributed by atoms with Crippen molar-refractivity contribution in [2.75, 3.05) is 6.61 Å². The lowest BCUT2D eigenvalue weighted by atomic mass is 10.0. The monoisotopic (exact) mass is 292 g/mol. The fourth-order valence-corrected chi connectivity index (χ4v) is 3.03. The standard InChI is InChI=1S/C13H15Cl3O/c14-9-3-5-11(13(16)8-9)12(15)6-4-10-2-1-7-17-10/h3,5,8,10,12H,1-2,4,6-7H2. The molecule has 1 aromatic carbocycles. The number of hydrogen-bond donors (Lipinski definition) is 0. The highest BCUT2D eigenvalue weighted by Gasteiger charge is 2.18. The van der Waals surface area contributed by atoms with Crippen LogP contribution >= 0.6 is 34.8 Å². The zero-order valence-corrected chi connectivity index (χ0v) is 11.7. The molecule has 2 rings (SSSR count). The molecule has 0 aliphatic carbocycles. The fraction of sp³-hybridized carbons (Fsp3) is 0.538. The third-order valence-electron chi connectivity index (χ3n) is 3.07. The zero-order chi connectivity index (χ0) is 12.3. The van der Waals surface area contributed by atoms with Crippen molar-refractivity contribution in [1.82, 2.24) is 0 Å². The van der Waals surface area contributed by atoms with Crippen molar-refractivity contribution in [3.05, 3.63) is 33.8 Å². The maximum atomic E-state index is 6.36. The van der Waals surface area contributed by atoms with Crippen LogP contribution in [-0.4, -0.2) is 12.7 Å². The van der Waals surface area contributed by atoms with Crippen LogP contribution in [0.1, 0.15) is 36.6 Å². The SMILES string of the molecule is Clc1ccc(C(Cl)CCC2CCCO2)c(Cl)c1. The van der Waals surface area contributed by atoms with Crippen molar-refractivity contribution in [3.8, 4) is 0 Å². The summed E-state index contributed by atoms with van der Waals surface area (Å²) in [4.78, 5) is 0. The predicted octanol–water partition coefficient (Wildman–Crippen LogP) is 5.23. The Bertz CT molecular complexity index is 375. The van der Waals surface area contributed by atoms with Gasteiger partial charge in [0.2, 0.25) is 0 Å². The van der Waals surface area contributed by atoms with Gasteiger partial charge in [-0.05, 0) is 43.4 Å². The first-order chi connectivity index (χ1) is 8.16. The Morgan fingerprint density at radius 3 is 2.82 bits per heavy atom. The average molecular weight is 294 g/mol. The van der Waals surface area contributed by atoms with Crippen molar-refractivity contribution in [3.63, 3.8) is 0 Å². The second-order valence-electron chi connectivity index (χ2n) is 4.35. The number of halogens is 3. The van der Waals surface area contributed by atoms with Gasteiger partial charge in [-0.25, -0.2) is 0 Å². The Morgan fingerprint density at radius 1 is 1.35 bits per heavy atom. The summed E-state index contributed by atoms with van der Waals surface area (Å²) in [7, 11) is 0. The zero-order valence-electron chi connectivity index (χ0n) is 9.46. The Morgan fingerprint density at radius 2 is 2.18 bits per heavy atom. The van der Waals surface area contributed by atoms with Crippen LogP contribution in [0, 0.1) is 0 Å². The minimum absolute atomic E-state index is 0.0658. The molecule has 1 aromatic rings. The molecule has 2 unspecified atom stereocenters. The molecule has 1 fully saturated rings. The summed E-state index contributed by atoms with van der Waals surface area (Å²) in [5.41, 5.74) is 0.954. The van der Waals surface area contributed by atoms with Crippen molar-refractivity contribution in [2.24, 2.45) is 0 Å². The first-order valence-electron chi connectivity index (χ1n) is 5.87. The van der Waals surface area contributed by atoms with Crippen molar-refractivity contribution < 1.29 is 4.74 Å². The van der Waals surface area contributed by atoms with Gasteiger partial charge in [0, 0.05) is 16.7 Å². The molecule has 4 heteroatoms. The Hall–Kier alpha value is 0.0500. The third kappa shape index (κ3) is 3.75. The van der Waals surface area contributed by atoms with Crippen molar-refractivity contribution >= 4 is 34.8 Å². The molecule has 0 spiro atoms. The summed E-state index contributed by atoms with van der Waals surface area (Å²) in [5.74, 6) is 0. The van der Waals surface area contributed by atoms with Crippen molar-refractivity contribution in [2.45, 2.75) is 37.2 Å². The summed E-state index contributed by atoms with van der Waals surface area (Å²) >= 11 is 18.3. The molecule has 1 saturated heterocycles. The molecule has 0 aromatic heterocycles. The van der Waals surface area contributed by atoms with E-state index in [9.17, 15) is 0 Å². The lowest BCUT2D eigenvalue weighted by molar-refractivity contribution is 0.102. The molecule has 0 N–H and O–H groups in total. The van der Waals surface area contributed by atoms with E-state index in [-0.39, 0.29) is 5.38 Å². The highest BCUT2D eigenvalue weighted by molar-refractivity contribution is 6.35. The molecular formula is C13H15Cl3O. The maximum absolute atomic E-state index is 6.36. The molecule has 0 bridgehead atoms. The first kappa shape index (κ1) is 13.5. The number of ether oxygens (including phenoxy) is 1. The normalized spacial score (nSPS) is 21.7. The van der Waals surface area contributed by atoms with Gasteiger partial charge in [-0.15, -0.1) is 11.6 Å². The van der Waals surface area contributed by atoms with Crippen LogP contribution in [0.15, 0.2) is 18.2 Å². The van der Waals surface area contributed by atoms with Gasteiger partial charge in [0.1, 0.15) is 0 Å². The number of alkyl halides is 1. The summed E-state index contributed by atoms with van der Waals surface area (Å²) in [6, 6.07) is 5.46. The highest BCUT2D eigenvalue weighted by atomic mass is 35.5. The molecule has 0 radical (unpaired) electrons. The van der Waals surface area contributed by atoms with Crippen molar-refractivity contribution in [1.29, 1.82) is 0 Å². The van der Waals surface area contributed by atoms with Gasteiger partial charge in [-0.3, -0.25) is 0 Å². The molecule has 0 saturated carbocycles. The maximum Gasteiger partial charge on any atom is 0.0600 e. The number of hydrogen-bond acceptors (Lipinski definition) is 1. The number of benzene rings is 1. The van der Waals surface area contributed by atoms with E-state index in [1.807, 2.05) is 12.1 Å². The third-order valence-corrected chi connectivity index (χ3v) is 4.08. The minimum atomic E-state index is -0.0658. The lowest BCUT2D eigenvalue weighted by Gasteiger charge is -2.14. The largest absolute Gasteiger partial charge is 0.378 e. The topological polar surface area (TPSA) is 9.23 Å². The molecule has 1 aliphatic rings. The summed E-state index contributed by atoms with van der Waals surface area (Å²) in [6.07, 6.45) is 4.57. The van der Waals surface area contributed by atoms with E-state index in [1.54, 1.807) is 6.07 Å². The van der Waals surface area contributed by atoms with Crippen LogP contribution in [0.3, 0.4) is 0 Å². The summed E-state index contributed by atoms with van der Waals surface area (Å²) in [6.45, 7) is 0.888. The smallest absolute Gasteiger partial charge is 0.0600 e. The second-order valence-corrected chi connectivity index (χ2v) is 5.72. The molecule has 2 atom stereocenters. The van der Waals surface area contributed by atoms with Gasteiger partial charge in [0.25, 0.3) is 0 Å². The minimum Gasteiger partial charge on any atom is -0.378 e. The Labute approximate surface area is 117 Å². The molecule has 0 amide bonds.